The second-order valence-electron chi connectivity index (χ2n) is 7.22. The van der Waals surface area contributed by atoms with E-state index in [2.05, 4.69) is 12.2 Å². The van der Waals surface area contributed by atoms with E-state index in [1.165, 1.54) is 5.56 Å². The summed E-state index contributed by atoms with van der Waals surface area (Å²) in [5.74, 6) is -0.321. The van der Waals surface area contributed by atoms with Crippen molar-refractivity contribution in [3.63, 3.8) is 0 Å². The third-order valence-electron chi connectivity index (χ3n) is 4.06. The normalized spacial score (nSPS) is 18.2. The molecule has 132 valence electrons. The van der Waals surface area contributed by atoms with Crippen LogP contribution in [-0.2, 0) is 16.0 Å². The summed E-state index contributed by atoms with van der Waals surface area (Å²) in [6, 6.07) is 7.03. The number of benzene rings is 1. The Balaban J connectivity index is 2.05. The van der Waals surface area contributed by atoms with Gasteiger partial charge in [-0.05, 0) is 64.2 Å². The maximum Gasteiger partial charge on any atom is 0.329 e. The highest BCUT2D eigenvalue weighted by Crippen LogP contribution is 2.22. The van der Waals surface area contributed by atoms with Crippen molar-refractivity contribution in [2.24, 2.45) is 0 Å². The Bertz CT molecular complexity index is 575. The van der Waals surface area contributed by atoms with E-state index in [0.717, 1.165) is 24.9 Å². The van der Waals surface area contributed by atoms with E-state index in [4.69, 9.17) is 4.74 Å². The van der Waals surface area contributed by atoms with E-state index in [9.17, 15) is 9.59 Å². The van der Waals surface area contributed by atoms with E-state index < -0.39 is 11.6 Å². The van der Waals surface area contributed by atoms with Crippen LogP contribution in [0.1, 0.15) is 52.5 Å². The van der Waals surface area contributed by atoms with Gasteiger partial charge < -0.3 is 15.0 Å². The highest BCUT2D eigenvalue weighted by atomic mass is 16.6. The molecule has 1 aliphatic heterocycles. The molecule has 0 spiro atoms. The number of aryl methyl sites for hydroxylation is 1. The van der Waals surface area contributed by atoms with Gasteiger partial charge in [-0.3, -0.25) is 0 Å². The molecule has 2 rings (SSSR count). The number of urea groups is 1. The van der Waals surface area contributed by atoms with Crippen LogP contribution >= 0.6 is 0 Å². The molecule has 1 saturated heterocycles. The minimum Gasteiger partial charge on any atom is -0.458 e. The van der Waals surface area contributed by atoms with Gasteiger partial charge in [-0.25, -0.2) is 9.59 Å². The van der Waals surface area contributed by atoms with Gasteiger partial charge in [-0.2, -0.15) is 0 Å². The van der Waals surface area contributed by atoms with E-state index in [1.54, 1.807) is 4.90 Å². The molecule has 5 nitrogen and oxygen atoms in total. The number of hydrogen-bond donors (Lipinski definition) is 1. The number of piperidine rings is 1. The lowest BCUT2D eigenvalue weighted by Gasteiger charge is -2.35. The van der Waals surface area contributed by atoms with Crippen molar-refractivity contribution in [2.75, 3.05) is 11.9 Å². The van der Waals surface area contributed by atoms with Crippen LogP contribution in [0.4, 0.5) is 10.5 Å². The van der Waals surface area contributed by atoms with E-state index in [0.29, 0.717) is 13.0 Å². The van der Waals surface area contributed by atoms with Gasteiger partial charge in [0.1, 0.15) is 11.6 Å². The number of anilines is 1. The van der Waals surface area contributed by atoms with Gasteiger partial charge in [-0.1, -0.05) is 19.1 Å². The largest absolute Gasteiger partial charge is 0.458 e. The average Bonchev–Trinajstić information content (AvgIpc) is 2.54. The molecule has 0 aromatic heterocycles. The molecule has 0 radical (unpaired) electrons. The number of hydrogen-bond acceptors (Lipinski definition) is 3. The molecule has 0 bridgehead atoms. The summed E-state index contributed by atoms with van der Waals surface area (Å²) in [7, 11) is 0. The quantitative estimate of drug-likeness (QED) is 0.852. The fourth-order valence-corrected chi connectivity index (χ4v) is 2.81. The molecule has 1 aromatic rings. The molecule has 1 aliphatic rings. The average molecular weight is 332 g/mol. The first-order valence-electron chi connectivity index (χ1n) is 8.69. The summed E-state index contributed by atoms with van der Waals surface area (Å²) in [5, 5.41) is 2.89. The summed E-state index contributed by atoms with van der Waals surface area (Å²) in [6.45, 7) is 8.18. The minimum absolute atomic E-state index is 0.241. The van der Waals surface area contributed by atoms with Gasteiger partial charge in [0, 0.05) is 12.2 Å². The van der Waals surface area contributed by atoms with Crippen LogP contribution in [0, 0.1) is 0 Å². The monoisotopic (exact) mass is 332 g/mol. The number of carbonyl (C=O) groups is 2. The number of rotatable bonds is 3. The number of ether oxygens (including phenoxy) is 1. The lowest BCUT2D eigenvalue weighted by molar-refractivity contribution is -0.161. The zero-order chi connectivity index (χ0) is 17.7. The Kier molecular flexibility index (Phi) is 5.86. The molecular weight excluding hydrogens is 304 g/mol. The lowest BCUT2D eigenvalue weighted by atomic mass is 10.0. The first-order valence-corrected chi connectivity index (χ1v) is 8.69. The van der Waals surface area contributed by atoms with Crippen LogP contribution in [0.15, 0.2) is 24.3 Å². The molecule has 1 aromatic carbocycles. The first-order chi connectivity index (χ1) is 11.3. The lowest BCUT2D eigenvalue weighted by Crippen LogP contribution is -2.51. The maximum atomic E-state index is 12.6. The number of nitrogens with zero attached hydrogens (tertiary/aromatic N) is 1. The Morgan fingerprint density at radius 1 is 1.21 bits per heavy atom. The van der Waals surface area contributed by atoms with Crippen molar-refractivity contribution in [1.82, 2.24) is 4.90 Å². The summed E-state index contributed by atoms with van der Waals surface area (Å²) in [5.41, 5.74) is 1.41. The van der Waals surface area contributed by atoms with E-state index in [-0.39, 0.29) is 12.0 Å². The topological polar surface area (TPSA) is 58.6 Å². The Hall–Kier alpha value is -2.04. The fourth-order valence-electron chi connectivity index (χ4n) is 2.81. The number of likely N-dealkylation sites (tertiary alicyclic amines) is 1. The van der Waals surface area contributed by atoms with Gasteiger partial charge >= 0.3 is 12.0 Å². The number of amides is 2. The van der Waals surface area contributed by atoms with Gasteiger partial charge in [-0.15, -0.1) is 0 Å². The molecule has 1 unspecified atom stereocenters. The molecule has 0 aliphatic carbocycles. The van der Waals surface area contributed by atoms with Crippen LogP contribution in [0.25, 0.3) is 0 Å². The number of nitrogens with one attached hydrogen (secondary N) is 1. The smallest absolute Gasteiger partial charge is 0.329 e. The van der Waals surface area contributed by atoms with Crippen molar-refractivity contribution in [3.05, 3.63) is 29.8 Å². The van der Waals surface area contributed by atoms with Crippen LogP contribution in [0.5, 0.6) is 0 Å². The van der Waals surface area contributed by atoms with Crippen molar-refractivity contribution >= 4 is 17.7 Å². The molecule has 24 heavy (non-hydrogen) atoms. The Morgan fingerprint density at radius 2 is 1.88 bits per heavy atom. The maximum absolute atomic E-state index is 12.6. The third kappa shape index (κ3) is 4.98. The number of carbonyl (C=O) groups excluding carboxylic acids is 2. The zero-order valence-corrected chi connectivity index (χ0v) is 15.1. The van der Waals surface area contributed by atoms with Gasteiger partial charge in [0.05, 0.1) is 0 Å². The molecular formula is C19H28N2O3. The Morgan fingerprint density at radius 3 is 2.46 bits per heavy atom. The van der Waals surface area contributed by atoms with Crippen LogP contribution < -0.4 is 5.32 Å². The summed E-state index contributed by atoms with van der Waals surface area (Å²) in [4.78, 5) is 26.6. The fraction of sp³-hybridized carbons (Fsp3) is 0.579. The molecule has 1 heterocycles. The molecule has 5 heteroatoms. The molecule has 1 atom stereocenters. The van der Waals surface area contributed by atoms with E-state index in [1.807, 2.05) is 45.0 Å². The predicted octanol–water partition coefficient (Wildman–Crippen LogP) is 3.98. The molecule has 0 saturated carbocycles. The van der Waals surface area contributed by atoms with Crippen molar-refractivity contribution in [2.45, 2.75) is 65.0 Å². The van der Waals surface area contributed by atoms with Gasteiger partial charge in [0.2, 0.25) is 0 Å². The summed E-state index contributed by atoms with van der Waals surface area (Å²) in [6.07, 6.45) is 3.44. The standard InChI is InChI=1S/C19H28N2O3/c1-5-14-9-11-15(12-10-14)20-18(23)21-13-7-6-8-16(21)17(22)24-19(2,3)4/h9-12,16H,5-8,13H2,1-4H3,(H,20,23). The minimum atomic E-state index is -0.549. The van der Waals surface area contributed by atoms with Crippen molar-refractivity contribution in [1.29, 1.82) is 0 Å². The predicted molar refractivity (Wildman–Crippen MR) is 95.0 cm³/mol. The van der Waals surface area contributed by atoms with Gasteiger partial charge in [0.15, 0.2) is 0 Å². The van der Waals surface area contributed by atoms with Crippen LogP contribution in [0.3, 0.4) is 0 Å². The second-order valence-corrected chi connectivity index (χ2v) is 7.22. The van der Waals surface area contributed by atoms with Crippen LogP contribution in [0.2, 0.25) is 0 Å². The number of esters is 1. The highest BCUT2D eigenvalue weighted by molar-refractivity contribution is 5.92. The Labute approximate surface area is 144 Å². The van der Waals surface area contributed by atoms with Crippen molar-refractivity contribution < 1.29 is 14.3 Å². The molecule has 2 amide bonds. The first kappa shape index (κ1) is 18.3. The second kappa shape index (κ2) is 7.69. The van der Waals surface area contributed by atoms with Gasteiger partial charge in [0.25, 0.3) is 0 Å². The summed E-state index contributed by atoms with van der Waals surface area (Å²) >= 11 is 0. The zero-order valence-electron chi connectivity index (χ0n) is 15.1. The van der Waals surface area contributed by atoms with E-state index >= 15 is 0 Å². The molecule has 1 N–H and O–H groups in total. The highest BCUT2D eigenvalue weighted by Gasteiger charge is 2.35. The molecule has 1 fully saturated rings. The van der Waals surface area contributed by atoms with Crippen molar-refractivity contribution in [3.8, 4) is 0 Å². The SMILES string of the molecule is CCc1ccc(NC(=O)N2CCCCC2C(=O)OC(C)(C)C)cc1. The van der Waals surface area contributed by atoms with Crippen LogP contribution in [-0.4, -0.2) is 35.1 Å². The summed E-state index contributed by atoms with van der Waals surface area (Å²) < 4.78 is 5.48. The third-order valence-corrected chi connectivity index (χ3v) is 4.06.